The monoisotopic (exact) mass is 268 g/mol. The quantitative estimate of drug-likeness (QED) is 0.801. The second-order valence-corrected chi connectivity index (χ2v) is 6.01. The van der Waals surface area contributed by atoms with Gasteiger partial charge in [0.1, 0.15) is 0 Å². The summed E-state index contributed by atoms with van der Waals surface area (Å²) in [6, 6.07) is 0.444. The molecule has 0 aromatic rings. The molecule has 4 heteroatoms. The van der Waals surface area contributed by atoms with Gasteiger partial charge in [-0.2, -0.15) is 0 Å². The van der Waals surface area contributed by atoms with E-state index in [1.807, 2.05) is 0 Å². The molecule has 2 rings (SSSR count). The largest absolute Gasteiger partial charge is 0.375 e. The fourth-order valence-corrected chi connectivity index (χ4v) is 3.31. The first-order valence-electron chi connectivity index (χ1n) is 7.88. The van der Waals surface area contributed by atoms with Crippen LogP contribution in [-0.2, 0) is 9.53 Å². The van der Waals surface area contributed by atoms with Crippen LogP contribution in [0.25, 0.3) is 0 Å². The minimum Gasteiger partial charge on any atom is -0.375 e. The Morgan fingerprint density at radius 2 is 2.11 bits per heavy atom. The molecule has 4 nitrogen and oxygen atoms in total. The highest BCUT2D eigenvalue weighted by Gasteiger charge is 2.38. The molecular formula is C15H28N2O2. The van der Waals surface area contributed by atoms with Gasteiger partial charge in [0.2, 0.25) is 5.91 Å². The number of hydrogen-bond acceptors (Lipinski definition) is 3. The molecule has 19 heavy (non-hydrogen) atoms. The predicted molar refractivity (Wildman–Crippen MR) is 76.1 cm³/mol. The maximum Gasteiger partial charge on any atom is 0.233 e. The van der Waals surface area contributed by atoms with Gasteiger partial charge in [0.05, 0.1) is 12.1 Å². The lowest BCUT2D eigenvalue weighted by Gasteiger charge is -2.43. The summed E-state index contributed by atoms with van der Waals surface area (Å²) in [5.41, 5.74) is 0.119. The molecule has 1 saturated carbocycles. The first kappa shape index (κ1) is 14.8. The van der Waals surface area contributed by atoms with Crippen molar-refractivity contribution in [1.29, 1.82) is 0 Å². The van der Waals surface area contributed by atoms with Gasteiger partial charge in [-0.25, -0.2) is 0 Å². The van der Waals surface area contributed by atoms with Crippen molar-refractivity contribution in [2.24, 2.45) is 0 Å². The van der Waals surface area contributed by atoms with E-state index in [1.165, 1.54) is 32.1 Å². The Kier molecular flexibility index (Phi) is 5.64. The van der Waals surface area contributed by atoms with Crippen LogP contribution < -0.4 is 10.6 Å². The van der Waals surface area contributed by atoms with Crippen molar-refractivity contribution < 1.29 is 9.53 Å². The number of rotatable bonds is 5. The van der Waals surface area contributed by atoms with Crippen LogP contribution in [0.3, 0.4) is 0 Å². The minimum atomic E-state index is 0.117. The fraction of sp³-hybridized carbons (Fsp3) is 0.933. The number of ether oxygens (including phenoxy) is 1. The Hall–Kier alpha value is -0.610. The summed E-state index contributed by atoms with van der Waals surface area (Å²) < 4.78 is 6.07. The van der Waals surface area contributed by atoms with Gasteiger partial charge in [-0.1, -0.05) is 26.2 Å². The summed E-state index contributed by atoms with van der Waals surface area (Å²) >= 11 is 0. The van der Waals surface area contributed by atoms with Gasteiger partial charge in [0.15, 0.2) is 0 Å². The number of amides is 1. The van der Waals surface area contributed by atoms with Gasteiger partial charge in [0, 0.05) is 19.2 Å². The van der Waals surface area contributed by atoms with E-state index in [2.05, 4.69) is 17.6 Å². The van der Waals surface area contributed by atoms with Crippen molar-refractivity contribution in [3.05, 3.63) is 0 Å². The Balaban J connectivity index is 1.73. The average Bonchev–Trinajstić information content (AvgIpc) is 2.44. The van der Waals surface area contributed by atoms with Crippen molar-refractivity contribution in [1.82, 2.24) is 10.6 Å². The Morgan fingerprint density at radius 3 is 2.84 bits per heavy atom. The van der Waals surface area contributed by atoms with E-state index in [4.69, 9.17) is 4.74 Å². The molecule has 1 atom stereocenters. The summed E-state index contributed by atoms with van der Waals surface area (Å²) in [6.07, 6.45) is 9.44. The minimum absolute atomic E-state index is 0.117. The van der Waals surface area contributed by atoms with Crippen LogP contribution in [0, 0.1) is 0 Å². The second kappa shape index (κ2) is 7.25. The van der Waals surface area contributed by atoms with Gasteiger partial charge in [0.25, 0.3) is 0 Å². The molecule has 110 valence electrons. The van der Waals surface area contributed by atoms with E-state index in [0.717, 1.165) is 32.4 Å². The zero-order valence-electron chi connectivity index (χ0n) is 12.2. The van der Waals surface area contributed by atoms with Crippen LogP contribution in [-0.4, -0.2) is 37.2 Å². The number of carbonyl (C=O) groups is 1. The molecule has 1 spiro atoms. The van der Waals surface area contributed by atoms with Crippen molar-refractivity contribution in [3.63, 3.8) is 0 Å². The highest BCUT2D eigenvalue weighted by Crippen LogP contribution is 2.38. The highest BCUT2D eigenvalue weighted by atomic mass is 16.5. The van der Waals surface area contributed by atoms with Gasteiger partial charge in [-0.3, -0.25) is 4.79 Å². The average molecular weight is 268 g/mol. The fourth-order valence-electron chi connectivity index (χ4n) is 3.31. The molecule has 1 aliphatic carbocycles. The maximum absolute atomic E-state index is 11.6. The van der Waals surface area contributed by atoms with E-state index in [1.54, 1.807) is 0 Å². The third-order valence-corrected chi connectivity index (χ3v) is 4.38. The van der Waals surface area contributed by atoms with Gasteiger partial charge < -0.3 is 15.4 Å². The van der Waals surface area contributed by atoms with Crippen molar-refractivity contribution in [3.8, 4) is 0 Å². The molecule has 2 N–H and O–H groups in total. The maximum atomic E-state index is 11.6. The molecule has 1 heterocycles. The summed E-state index contributed by atoms with van der Waals surface area (Å²) in [4.78, 5) is 11.6. The van der Waals surface area contributed by atoms with Gasteiger partial charge >= 0.3 is 0 Å². The normalized spacial score (nSPS) is 26.3. The number of carbonyl (C=O) groups excluding carboxylic acids is 1. The molecule has 0 radical (unpaired) electrons. The standard InChI is InChI=1S/C15H28N2O2/c1-2-9-16-14(18)12-17-13-6-10-19-15(11-13)7-4-3-5-8-15/h13,17H,2-12H2,1H3,(H,16,18). The molecule has 0 aromatic heterocycles. The molecule has 0 bridgehead atoms. The van der Waals surface area contributed by atoms with Crippen LogP contribution in [0.1, 0.15) is 58.3 Å². The van der Waals surface area contributed by atoms with E-state index in [0.29, 0.717) is 12.6 Å². The van der Waals surface area contributed by atoms with E-state index >= 15 is 0 Å². The summed E-state index contributed by atoms with van der Waals surface area (Å²) in [6.45, 7) is 4.13. The van der Waals surface area contributed by atoms with Crippen LogP contribution >= 0.6 is 0 Å². The highest BCUT2D eigenvalue weighted by molar-refractivity contribution is 5.77. The second-order valence-electron chi connectivity index (χ2n) is 6.01. The summed E-state index contributed by atoms with van der Waals surface area (Å²) in [5.74, 6) is 0.117. The molecule has 0 aromatic carbocycles. The Bertz CT molecular complexity index is 282. The van der Waals surface area contributed by atoms with Crippen LogP contribution in [0.4, 0.5) is 0 Å². The van der Waals surface area contributed by atoms with E-state index in [9.17, 15) is 4.79 Å². The SMILES string of the molecule is CCCNC(=O)CNC1CCOC2(CCCCC2)C1. The van der Waals surface area contributed by atoms with Crippen molar-refractivity contribution >= 4 is 5.91 Å². The smallest absolute Gasteiger partial charge is 0.233 e. The topological polar surface area (TPSA) is 50.4 Å². The third kappa shape index (κ3) is 4.46. The lowest BCUT2D eigenvalue weighted by atomic mass is 9.78. The molecule has 2 fully saturated rings. The number of hydrogen-bond donors (Lipinski definition) is 2. The van der Waals surface area contributed by atoms with Gasteiger partial charge in [-0.05, 0) is 32.1 Å². The first-order valence-corrected chi connectivity index (χ1v) is 7.88. The molecular weight excluding hydrogens is 240 g/mol. The lowest BCUT2D eigenvalue weighted by Crippen LogP contribution is -2.49. The molecule has 2 aliphatic rings. The van der Waals surface area contributed by atoms with Gasteiger partial charge in [-0.15, -0.1) is 0 Å². The Morgan fingerprint density at radius 1 is 1.32 bits per heavy atom. The van der Waals surface area contributed by atoms with E-state index < -0.39 is 0 Å². The predicted octanol–water partition coefficient (Wildman–Crippen LogP) is 1.98. The molecule has 1 amide bonds. The zero-order valence-corrected chi connectivity index (χ0v) is 12.2. The molecule has 1 saturated heterocycles. The molecule has 1 unspecified atom stereocenters. The number of nitrogens with one attached hydrogen (secondary N) is 2. The first-order chi connectivity index (χ1) is 9.24. The Labute approximate surface area is 116 Å². The summed E-state index contributed by atoms with van der Waals surface area (Å²) in [5, 5.41) is 6.32. The van der Waals surface area contributed by atoms with Crippen LogP contribution in [0.15, 0.2) is 0 Å². The zero-order chi connectivity index (χ0) is 13.6. The van der Waals surface area contributed by atoms with Crippen molar-refractivity contribution in [2.75, 3.05) is 19.7 Å². The van der Waals surface area contributed by atoms with E-state index in [-0.39, 0.29) is 11.5 Å². The summed E-state index contributed by atoms with van der Waals surface area (Å²) in [7, 11) is 0. The molecule has 1 aliphatic heterocycles. The third-order valence-electron chi connectivity index (χ3n) is 4.38. The lowest BCUT2D eigenvalue weighted by molar-refractivity contribution is -0.122. The van der Waals surface area contributed by atoms with Crippen molar-refractivity contribution in [2.45, 2.75) is 69.9 Å². The van der Waals surface area contributed by atoms with Crippen LogP contribution in [0.5, 0.6) is 0 Å². The van der Waals surface area contributed by atoms with Crippen LogP contribution in [0.2, 0.25) is 0 Å².